The minimum atomic E-state index is -4.56. The molecular formula is C53H105N2O6P. The van der Waals surface area contributed by atoms with Crippen molar-refractivity contribution >= 4 is 13.7 Å². The number of carbonyl (C=O) groups is 1. The smallest absolute Gasteiger partial charge is 0.268 e. The molecule has 0 bridgehead atoms. The van der Waals surface area contributed by atoms with Crippen molar-refractivity contribution in [2.75, 3.05) is 40.9 Å². The van der Waals surface area contributed by atoms with E-state index in [2.05, 4.69) is 43.5 Å². The molecule has 0 spiro atoms. The van der Waals surface area contributed by atoms with Gasteiger partial charge in [-0.05, 0) is 44.9 Å². The SMILES string of the molecule is CCCCCCCCCCC/C=C\C/C=C\CCCCCCCCCCCCCCCC(=O)NC(COP(=O)([O-])OCC[N+](C)(C)C)C(O)CCCCCCCCCCCCC. The van der Waals surface area contributed by atoms with E-state index in [0.29, 0.717) is 23.9 Å². The second-order valence-electron chi connectivity index (χ2n) is 19.6. The van der Waals surface area contributed by atoms with E-state index < -0.39 is 20.0 Å². The number of unbranched alkanes of at least 4 members (excludes halogenated alkanes) is 32. The molecule has 0 saturated carbocycles. The molecular weight excluding hydrogens is 792 g/mol. The number of rotatable bonds is 49. The predicted molar refractivity (Wildman–Crippen MR) is 265 cm³/mol. The molecule has 368 valence electrons. The molecule has 3 atom stereocenters. The third kappa shape index (κ3) is 47.0. The largest absolute Gasteiger partial charge is 0.756 e. The van der Waals surface area contributed by atoms with E-state index in [-0.39, 0.29) is 19.1 Å². The molecule has 1 amide bonds. The first-order valence-electron chi connectivity index (χ1n) is 26.7. The van der Waals surface area contributed by atoms with Crippen molar-refractivity contribution in [1.29, 1.82) is 0 Å². The highest BCUT2D eigenvalue weighted by Gasteiger charge is 2.24. The number of hydrogen-bond donors (Lipinski definition) is 2. The first-order chi connectivity index (χ1) is 30.0. The average Bonchev–Trinajstić information content (AvgIpc) is 3.23. The summed E-state index contributed by atoms with van der Waals surface area (Å²) in [4.78, 5) is 25.4. The number of carbonyl (C=O) groups excluding carboxylic acids is 1. The summed E-state index contributed by atoms with van der Waals surface area (Å²) in [5.74, 6) is -0.165. The summed E-state index contributed by atoms with van der Waals surface area (Å²) in [7, 11) is 1.31. The number of phosphoric ester groups is 1. The summed E-state index contributed by atoms with van der Waals surface area (Å²) in [6.07, 6.45) is 54.9. The summed E-state index contributed by atoms with van der Waals surface area (Å²) < 4.78 is 23.3. The van der Waals surface area contributed by atoms with Crippen molar-refractivity contribution in [3.05, 3.63) is 24.3 Å². The third-order valence-corrected chi connectivity index (χ3v) is 13.2. The lowest BCUT2D eigenvalue weighted by atomic mass is 10.0. The van der Waals surface area contributed by atoms with Gasteiger partial charge in [0.1, 0.15) is 13.2 Å². The lowest BCUT2D eigenvalue weighted by molar-refractivity contribution is -0.870. The Morgan fingerprint density at radius 2 is 0.935 bits per heavy atom. The van der Waals surface area contributed by atoms with E-state index in [1.165, 1.54) is 186 Å². The van der Waals surface area contributed by atoms with E-state index in [1.54, 1.807) is 0 Å². The van der Waals surface area contributed by atoms with Crippen LogP contribution in [0.5, 0.6) is 0 Å². The first kappa shape index (κ1) is 61.0. The third-order valence-electron chi connectivity index (χ3n) is 12.2. The number of likely N-dealkylation sites (N-methyl/N-ethyl adjacent to an activating group) is 1. The van der Waals surface area contributed by atoms with Crippen molar-refractivity contribution in [2.24, 2.45) is 0 Å². The summed E-state index contributed by atoms with van der Waals surface area (Å²) >= 11 is 0. The van der Waals surface area contributed by atoms with Crippen LogP contribution >= 0.6 is 7.82 Å². The van der Waals surface area contributed by atoms with Crippen LogP contribution in [0.4, 0.5) is 0 Å². The van der Waals surface area contributed by atoms with E-state index in [0.717, 1.165) is 44.9 Å². The highest BCUT2D eigenvalue weighted by molar-refractivity contribution is 7.45. The van der Waals surface area contributed by atoms with Crippen molar-refractivity contribution < 1.29 is 32.9 Å². The minimum Gasteiger partial charge on any atom is -0.756 e. The predicted octanol–water partition coefficient (Wildman–Crippen LogP) is 15.0. The minimum absolute atomic E-state index is 0.0131. The average molecular weight is 897 g/mol. The number of nitrogens with one attached hydrogen (secondary N) is 1. The second kappa shape index (κ2) is 45.1. The van der Waals surface area contributed by atoms with Gasteiger partial charge >= 0.3 is 0 Å². The molecule has 3 unspecified atom stereocenters. The van der Waals surface area contributed by atoms with Gasteiger partial charge in [0.25, 0.3) is 7.82 Å². The lowest BCUT2D eigenvalue weighted by Crippen LogP contribution is -2.46. The van der Waals surface area contributed by atoms with Crippen molar-refractivity contribution in [3.8, 4) is 0 Å². The Labute approximate surface area is 385 Å². The van der Waals surface area contributed by atoms with Crippen molar-refractivity contribution in [1.82, 2.24) is 5.32 Å². The van der Waals surface area contributed by atoms with Gasteiger partial charge in [-0.2, -0.15) is 0 Å². The zero-order valence-electron chi connectivity index (χ0n) is 41.8. The first-order valence-corrected chi connectivity index (χ1v) is 28.1. The molecule has 0 radical (unpaired) electrons. The number of nitrogens with zero attached hydrogens (tertiary/aromatic N) is 1. The van der Waals surface area contributed by atoms with Crippen LogP contribution in [0.15, 0.2) is 24.3 Å². The highest BCUT2D eigenvalue weighted by Crippen LogP contribution is 2.38. The van der Waals surface area contributed by atoms with Gasteiger partial charge in [0.2, 0.25) is 5.91 Å². The Bertz CT molecular complexity index is 1060. The quantitative estimate of drug-likeness (QED) is 0.0273. The number of amides is 1. The molecule has 9 heteroatoms. The molecule has 8 nitrogen and oxygen atoms in total. The Morgan fingerprint density at radius 3 is 1.34 bits per heavy atom. The van der Waals surface area contributed by atoms with Gasteiger partial charge in [0.05, 0.1) is 39.9 Å². The maximum atomic E-state index is 12.9. The van der Waals surface area contributed by atoms with Crippen molar-refractivity contribution in [3.63, 3.8) is 0 Å². The molecule has 62 heavy (non-hydrogen) atoms. The van der Waals surface area contributed by atoms with E-state index >= 15 is 0 Å². The molecule has 0 aromatic rings. The Morgan fingerprint density at radius 1 is 0.565 bits per heavy atom. The fourth-order valence-electron chi connectivity index (χ4n) is 7.95. The summed E-state index contributed by atoms with van der Waals surface area (Å²) in [5, 5.41) is 13.9. The van der Waals surface area contributed by atoms with Gasteiger partial charge in [-0.1, -0.05) is 231 Å². The summed E-state index contributed by atoms with van der Waals surface area (Å²) in [6.45, 7) is 4.73. The molecule has 0 aromatic heterocycles. The summed E-state index contributed by atoms with van der Waals surface area (Å²) in [5.41, 5.74) is 0. The standard InChI is InChI=1S/C53H105N2O6P/c1-6-8-10-12-14-16-18-19-20-21-22-23-24-25-26-27-28-29-30-31-32-33-34-35-37-39-41-43-45-47-53(57)54-51(50-61-62(58,59)60-49-48-55(3,4)5)52(56)46-44-42-40-38-36-17-15-13-11-9-7-2/h22-23,25-26,51-52,56H,6-21,24,27-50H2,1-5H3,(H-,54,57,58,59)/b23-22-,26-25-. The van der Waals surface area contributed by atoms with Gasteiger partial charge in [0, 0.05) is 6.42 Å². The van der Waals surface area contributed by atoms with Gasteiger partial charge in [-0.25, -0.2) is 0 Å². The normalized spacial score (nSPS) is 14.2. The molecule has 0 heterocycles. The fraction of sp³-hybridized carbons (Fsp3) is 0.906. The van der Waals surface area contributed by atoms with Gasteiger partial charge in [-0.3, -0.25) is 9.36 Å². The molecule has 2 N–H and O–H groups in total. The Hall–Kier alpha value is -1.02. The highest BCUT2D eigenvalue weighted by atomic mass is 31.2. The van der Waals surface area contributed by atoms with Crippen LogP contribution in [-0.2, 0) is 18.4 Å². The van der Waals surface area contributed by atoms with E-state index in [4.69, 9.17) is 9.05 Å². The number of aliphatic hydroxyl groups is 1. The molecule has 0 aromatic carbocycles. The number of quaternary nitrogens is 1. The van der Waals surface area contributed by atoms with Crippen LogP contribution in [0, 0.1) is 0 Å². The zero-order valence-corrected chi connectivity index (χ0v) is 42.7. The Balaban J connectivity index is 4.04. The van der Waals surface area contributed by atoms with E-state index in [9.17, 15) is 19.4 Å². The molecule has 0 saturated heterocycles. The number of phosphoric acid groups is 1. The maximum Gasteiger partial charge on any atom is 0.268 e. The number of allylic oxidation sites excluding steroid dienone is 4. The molecule has 0 aliphatic carbocycles. The van der Waals surface area contributed by atoms with Gasteiger partial charge in [-0.15, -0.1) is 0 Å². The van der Waals surface area contributed by atoms with Crippen molar-refractivity contribution in [2.45, 2.75) is 270 Å². The Kier molecular flexibility index (Phi) is 44.4. The maximum absolute atomic E-state index is 12.9. The van der Waals surface area contributed by atoms with Crippen LogP contribution in [0.3, 0.4) is 0 Å². The van der Waals surface area contributed by atoms with Gasteiger partial charge < -0.3 is 28.8 Å². The summed E-state index contributed by atoms with van der Waals surface area (Å²) in [6, 6.07) is -0.798. The topological polar surface area (TPSA) is 108 Å². The van der Waals surface area contributed by atoms with Crippen LogP contribution in [0.1, 0.15) is 258 Å². The number of aliphatic hydroxyl groups excluding tert-OH is 1. The lowest BCUT2D eigenvalue weighted by Gasteiger charge is -2.30. The molecule has 0 aliphatic heterocycles. The van der Waals surface area contributed by atoms with Crippen LogP contribution in [0.2, 0.25) is 0 Å². The number of hydrogen-bond acceptors (Lipinski definition) is 6. The molecule has 0 aliphatic rings. The van der Waals surface area contributed by atoms with Crippen LogP contribution < -0.4 is 10.2 Å². The van der Waals surface area contributed by atoms with Crippen LogP contribution in [-0.4, -0.2) is 68.5 Å². The molecule has 0 fully saturated rings. The zero-order chi connectivity index (χ0) is 45.7. The molecule has 0 rings (SSSR count). The fourth-order valence-corrected chi connectivity index (χ4v) is 8.68. The van der Waals surface area contributed by atoms with Crippen LogP contribution in [0.25, 0.3) is 0 Å². The second-order valence-corrected chi connectivity index (χ2v) is 21.0. The monoisotopic (exact) mass is 897 g/mol. The van der Waals surface area contributed by atoms with E-state index in [1.807, 2.05) is 21.1 Å². The van der Waals surface area contributed by atoms with Gasteiger partial charge in [0.15, 0.2) is 0 Å².